The number of carbonyl (C=O) groups is 1. The highest BCUT2D eigenvalue weighted by Gasteiger charge is 2.09. The number of ether oxygens (including phenoxy) is 2. The summed E-state index contributed by atoms with van der Waals surface area (Å²) in [6.07, 6.45) is 0. The van der Waals surface area contributed by atoms with E-state index in [1.807, 2.05) is 60.7 Å². The van der Waals surface area contributed by atoms with Crippen LogP contribution in [0.3, 0.4) is 0 Å². The van der Waals surface area contributed by atoms with Gasteiger partial charge in [-0.25, -0.2) is 0 Å². The first-order valence-electron chi connectivity index (χ1n) is 9.56. The summed E-state index contributed by atoms with van der Waals surface area (Å²) in [5.41, 5.74) is 3.79. The van der Waals surface area contributed by atoms with E-state index in [-0.39, 0.29) is 5.91 Å². The third kappa shape index (κ3) is 5.83. The van der Waals surface area contributed by atoms with Gasteiger partial charge in [-0.1, -0.05) is 24.3 Å². The van der Waals surface area contributed by atoms with Crippen LogP contribution in [0.5, 0.6) is 11.5 Å². The number of hydrogen-bond acceptors (Lipinski definition) is 3. The Hall–Kier alpha value is -3.31. The number of nitrogens with one attached hydrogen (secondary N) is 2. The van der Waals surface area contributed by atoms with E-state index < -0.39 is 0 Å². The van der Waals surface area contributed by atoms with Crippen LogP contribution < -0.4 is 19.7 Å². The standard InChI is InChI=1S/C24H26N2O3/c1-26(17-19-5-4-6-23(15-19)29-3)16-18-7-9-20(10-8-18)24(27)25-21-11-13-22(28-2)14-12-21/h4-15H,16-17H2,1-3H3,(H,25,27)/p+1. The average molecular weight is 391 g/mol. The van der Waals surface area contributed by atoms with Crippen molar-refractivity contribution in [3.63, 3.8) is 0 Å². The lowest BCUT2D eigenvalue weighted by Gasteiger charge is -2.15. The Bertz CT molecular complexity index is 937. The lowest BCUT2D eigenvalue weighted by molar-refractivity contribution is -0.907. The van der Waals surface area contributed by atoms with Crippen LogP contribution in [0, 0.1) is 0 Å². The number of benzene rings is 3. The van der Waals surface area contributed by atoms with Gasteiger partial charge >= 0.3 is 0 Å². The van der Waals surface area contributed by atoms with E-state index in [2.05, 4.69) is 24.5 Å². The summed E-state index contributed by atoms with van der Waals surface area (Å²) in [5, 5.41) is 2.90. The largest absolute Gasteiger partial charge is 0.497 e. The van der Waals surface area contributed by atoms with Crippen LogP contribution in [0.15, 0.2) is 72.8 Å². The van der Waals surface area contributed by atoms with Gasteiger partial charge in [-0.2, -0.15) is 0 Å². The van der Waals surface area contributed by atoms with Crippen LogP contribution in [0.2, 0.25) is 0 Å². The number of hydrogen-bond donors (Lipinski definition) is 2. The fourth-order valence-corrected chi connectivity index (χ4v) is 3.19. The number of anilines is 1. The predicted molar refractivity (Wildman–Crippen MR) is 115 cm³/mol. The number of methoxy groups -OCH3 is 2. The van der Waals surface area contributed by atoms with Crippen molar-refractivity contribution in [2.75, 3.05) is 26.6 Å². The zero-order valence-electron chi connectivity index (χ0n) is 17.1. The van der Waals surface area contributed by atoms with Gasteiger partial charge in [0.25, 0.3) is 5.91 Å². The molecule has 0 heterocycles. The summed E-state index contributed by atoms with van der Waals surface area (Å²) >= 11 is 0. The molecule has 0 fully saturated rings. The van der Waals surface area contributed by atoms with E-state index in [0.29, 0.717) is 5.56 Å². The molecule has 0 aliphatic rings. The van der Waals surface area contributed by atoms with Crippen molar-refractivity contribution in [1.29, 1.82) is 0 Å². The maximum Gasteiger partial charge on any atom is 0.255 e. The summed E-state index contributed by atoms with van der Waals surface area (Å²) < 4.78 is 10.4. The maximum atomic E-state index is 12.4. The van der Waals surface area contributed by atoms with Crippen LogP contribution in [-0.4, -0.2) is 27.2 Å². The number of amides is 1. The molecule has 0 bridgehead atoms. The van der Waals surface area contributed by atoms with Crippen molar-refractivity contribution in [3.05, 3.63) is 89.5 Å². The van der Waals surface area contributed by atoms with E-state index in [4.69, 9.17) is 9.47 Å². The predicted octanol–water partition coefficient (Wildman–Crippen LogP) is 3.17. The van der Waals surface area contributed by atoms with Crippen LogP contribution in [0.25, 0.3) is 0 Å². The Morgan fingerprint density at radius 3 is 2.14 bits per heavy atom. The van der Waals surface area contributed by atoms with Gasteiger partial charge in [-0.3, -0.25) is 4.79 Å². The van der Waals surface area contributed by atoms with Crippen molar-refractivity contribution < 1.29 is 19.2 Å². The minimum Gasteiger partial charge on any atom is -0.497 e. The first kappa shape index (κ1) is 20.4. The Labute approximate surface area is 171 Å². The van der Waals surface area contributed by atoms with Crippen LogP contribution in [0.1, 0.15) is 21.5 Å². The van der Waals surface area contributed by atoms with Crippen molar-refractivity contribution in [3.8, 4) is 11.5 Å². The summed E-state index contributed by atoms with van der Waals surface area (Å²) in [7, 11) is 5.46. The molecule has 1 atom stereocenters. The van der Waals surface area contributed by atoms with E-state index in [1.165, 1.54) is 16.0 Å². The zero-order valence-corrected chi connectivity index (χ0v) is 17.1. The highest BCUT2D eigenvalue weighted by atomic mass is 16.5. The minimum absolute atomic E-state index is 0.126. The number of carbonyl (C=O) groups excluding carboxylic acids is 1. The fourth-order valence-electron chi connectivity index (χ4n) is 3.19. The van der Waals surface area contributed by atoms with Gasteiger partial charge in [-0.15, -0.1) is 0 Å². The molecule has 3 rings (SSSR count). The molecule has 3 aromatic carbocycles. The molecule has 0 aliphatic heterocycles. The molecule has 0 aromatic heterocycles. The first-order valence-corrected chi connectivity index (χ1v) is 9.56. The fraction of sp³-hybridized carbons (Fsp3) is 0.208. The van der Waals surface area contributed by atoms with Crippen molar-refractivity contribution in [2.45, 2.75) is 13.1 Å². The van der Waals surface area contributed by atoms with Gasteiger partial charge in [0, 0.05) is 22.4 Å². The molecule has 0 saturated heterocycles. The summed E-state index contributed by atoms with van der Waals surface area (Å²) in [5.74, 6) is 1.51. The van der Waals surface area contributed by atoms with E-state index in [9.17, 15) is 4.79 Å². The van der Waals surface area contributed by atoms with E-state index >= 15 is 0 Å². The normalized spacial score (nSPS) is 11.6. The van der Waals surface area contributed by atoms with E-state index in [1.54, 1.807) is 14.2 Å². The molecule has 3 aromatic rings. The molecule has 150 valence electrons. The molecule has 0 spiro atoms. The number of quaternary nitrogens is 1. The van der Waals surface area contributed by atoms with Gasteiger partial charge < -0.3 is 19.7 Å². The highest BCUT2D eigenvalue weighted by Crippen LogP contribution is 2.16. The molecule has 2 N–H and O–H groups in total. The van der Waals surface area contributed by atoms with Gasteiger partial charge in [0.05, 0.1) is 21.3 Å². The first-order chi connectivity index (χ1) is 14.1. The molecular weight excluding hydrogens is 364 g/mol. The summed E-state index contributed by atoms with van der Waals surface area (Å²) in [6, 6.07) is 23.2. The third-order valence-electron chi connectivity index (χ3n) is 4.71. The zero-order chi connectivity index (χ0) is 20.6. The van der Waals surface area contributed by atoms with Crippen LogP contribution in [0.4, 0.5) is 5.69 Å². The second kappa shape index (κ2) is 9.75. The van der Waals surface area contributed by atoms with Crippen LogP contribution in [-0.2, 0) is 13.1 Å². The Morgan fingerprint density at radius 2 is 1.48 bits per heavy atom. The van der Waals surface area contributed by atoms with Gasteiger partial charge in [0.2, 0.25) is 0 Å². The quantitative estimate of drug-likeness (QED) is 0.620. The average Bonchev–Trinajstić information content (AvgIpc) is 2.74. The van der Waals surface area contributed by atoms with Crippen LogP contribution >= 0.6 is 0 Å². The summed E-state index contributed by atoms with van der Waals surface area (Å²) in [6.45, 7) is 1.77. The molecule has 0 radical (unpaired) electrons. The summed E-state index contributed by atoms with van der Waals surface area (Å²) in [4.78, 5) is 13.8. The molecule has 5 heteroatoms. The SMILES string of the molecule is COc1ccc(NC(=O)c2ccc(C[NH+](C)Cc3cccc(OC)c3)cc2)cc1. The molecular formula is C24H27N2O3+. The van der Waals surface area contributed by atoms with Gasteiger partial charge in [0.1, 0.15) is 24.6 Å². The minimum atomic E-state index is -0.126. The third-order valence-corrected chi connectivity index (χ3v) is 4.71. The maximum absolute atomic E-state index is 12.4. The molecule has 0 aliphatic carbocycles. The topological polar surface area (TPSA) is 52.0 Å². The highest BCUT2D eigenvalue weighted by molar-refractivity contribution is 6.04. The van der Waals surface area contributed by atoms with Crippen molar-refractivity contribution >= 4 is 11.6 Å². The Morgan fingerprint density at radius 1 is 0.828 bits per heavy atom. The lowest BCUT2D eigenvalue weighted by Crippen LogP contribution is -3.06. The second-order valence-electron chi connectivity index (χ2n) is 7.04. The second-order valence-corrected chi connectivity index (χ2v) is 7.04. The Kier molecular flexibility index (Phi) is 6.87. The van der Waals surface area contributed by atoms with Gasteiger partial charge in [-0.05, 0) is 48.5 Å². The smallest absolute Gasteiger partial charge is 0.255 e. The van der Waals surface area contributed by atoms with Crippen molar-refractivity contribution in [1.82, 2.24) is 0 Å². The molecule has 5 nitrogen and oxygen atoms in total. The lowest BCUT2D eigenvalue weighted by atomic mass is 10.1. The molecule has 29 heavy (non-hydrogen) atoms. The van der Waals surface area contributed by atoms with E-state index in [0.717, 1.165) is 30.3 Å². The molecule has 1 unspecified atom stereocenters. The molecule has 0 saturated carbocycles. The van der Waals surface area contributed by atoms with Gasteiger partial charge in [0.15, 0.2) is 0 Å². The monoisotopic (exact) mass is 391 g/mol. The Balaban J connectivity index is 1.56. The number of rotatable bonds is 8. The molecule has 1 amide bonds. The van der Waals surface area contributed by atoms with Crippen molar-refractivity contribution in [2.24, 2.45) is 0 Å².